The van der Waals surface area contributed by atoms with E-state index in [0.29, 0.717) is 11.4 Å². The molecule has 0 saturated carbocycles. The fraction of sp³-hybridized carbons (Fsp3) is 0.143. The first-order chi connectivity index (χ1) is 4.74. The van der Waals surface area contributed by atoms with Crippen LogP contribution < -0.4 is 5.73 Å². The quantitative estimate of drug-likeness (QED) is 0.368. The van der Waals surface area contributed by atoms with Crippen LogP contribution in [0.3, 0.4) is 0 Å². The molecule has 0 aliphatic rings. The molecule has 0 saturated heterocycles. The Labute approximate surface area is 64.1 Å². The molecule has 54 valence electrons. The molecule has 0 bridgehead atoms. The summed E-state index contributed by atoms with van der Waals surface area (Å²) in [5, 5.41) is 9.16. The molecule has 0 aromatic heterocycles. The van der Waals surface area contributed by atoms with Crippen LogP contribution in [0.4, 0.5) is 5.69 Å². The topological polar surface area (TPSA) is 46.2 Å². The maximum Gasteiger partial charge on any atom is 0.129 e. The first kappa shape index (κ1) is 7.28. The predicted octanol–water partition coefficient (Wildman–Crippen LogP) is 1.70. The molecule has 0 aliphatic carbocycles. The Bertz CT molecular complexity index is 237. The fourth-order valence-electron chi connectivity index (χ4n) is 0.694. The number of phenols is 1. The van der Waals surface area contributed by atoms with Crippen molar-refractivity contribution in [1.82, 2.24) is 0 Å². The zero-order chi connectivity index (χ0) is 7.56. The van der Waals surface area contributed by atoms with Crippen molar-refractivity contribution in [3.05, 3.63) is 18.2 Å². The highest BCUT2D eigenvalue weighted by Gasteiger charge is 1.97. The van der Waals surface area contributed by atoms with Crippen LogP contribution in [0.15, 0.2) is 23.1 Å². The molecule has 0 fully saturated rings. The van der Waals surface area contributed by atoms with Crippen molar-refractivity contribution in [2.45, 2.75) is 4.90 Å². The van der Waals surface area contributed by atoms with Gasteiger partial charge in [-0.1, -0.05) is 0 Å². The normalized spacial score (nSPS) is 9.70. The van der Waals surface area contributed by atoms with Crippen molar-refractivity contribution in [1.29, 1.82) is 0 Å². The van der Waals surface area contributed by atoms with Crippen LogP contribution in [0.5, 0.6) is 5.75 Å². The van der Waals surface area contributed by atoms with Crippen molar-refractivity contribution in [3.63, 3.8) is 0 Å². The van der Waals surface area contributed by atoms with E-state index in [1.54, 1.807) is 18.2 Å². The number of rotatable bonds is 1. The first-order valence-corrected chi connectivity index (χ1v) is 4.09. The second-order valence-electron chi connectivity index (χ2n) is 1.93. The maximum absolute atomic E-state index is 9.16. The van der Waals surface area contributed by atoms with Gasteiger partial charge < -0.3 is 10.8 Å². The molecule has 10 heavy (non-hydrogen) atoms. The van der Waals surface area contributed by atoms with E-state index in [1.165, 1.54) is 11.8 Å². The summed E-state index contributed by atoms with van der Waals surface area (Å²) in [5.41, 5.74) is 6.16. The highest BCUT2D eigenvalue weighted by Crippen LogP contribution is 2.27. The Hall–Kier alpha value is -0.830. The number of hydrogen-bond donors (Lipinski definition) is 2. The Morgan fingerprint density at radius 1 is 1.50 bits per heavy atom. The van der Waals surface area contributed by atoms with Crippen molar-refractivity contribution in [3.8, 4) is 5.75 Å². The molecule has 0 heterocycles. The van der Waals surface area contributed by atoms with Crippen LogP contribution in [-0.2, 0) is 0 Å². The van der Waals surface area contributed by atoms with Gasteiger partial charge in [0, 0.05) is 5.69 Å². The Balaban J connectivity index is 3.09. The van der Waals surface area contributed by atoms with Crippen LogP contribution in [0, 0.1) is 0 Å². The summed E-state index contributed by atoms with van der Waals surface area (Å²) in [5.74, 6) is 0.293. The maximum atomic E-state index is 9.16. The third kappa shape index (κ3) is 1.36. The highest BCUT2D eigenvalue weighted by molar-refractivity contribution is 7.98. The van der Waals surface area contributed by atoms with E-state index in [1.807, 2.05) is 6.26 Å². The van der Waals surface area contributed by atoms with E-state index in [2.05, 4.69) is 0 Å². The number of thioether (sulfide) groups is 1. The van der Waals surface area contributed by atoms with E-state index in [4.69, 9.17) is 10.8 Å². The number of aromatic hydroxyl groups is 1. The molecule has 1 aromatic rings. The van der Waals surface area contributed by atoms with Crippen molar-refractivity contribution < 1.29 is 5.11 Å². The summed E-state index contributed by atoms with van der Waals surface area (Å²) in [4.78, 5) is 0.819. The van der Waals surface area contributed by atoms with Gasteiger partial charge in [-0.2, -0.15) is 0 Å². The summed E-state index contributed by atoms with van der Waals surface area (Å²) >= 11 is 1.48. The van der Waals surface area contributed by atoms with E-state index < -0.39 is 0 Å². The van der Waals surface area contributed by atoms with Crippen LogP contribution in [0.25, 0.3) is 0 Å². The second-order valence-corrected chi connectivity index (χ2v) is 2.78. The number of phenolic OH excluding ortho intramolecular Hbond substituents is 1. The predicted molar refractivity (Wildman–Crippen MR) is 44.3 cm³/mol. The standard InChI is InChI=1S/C7H9NOS/c1-10-7-4-5(8)2-3-6(7)9/h2-4,9H,8H2,1H3. The summed E-state index contributed by atoms with van der Waals surface area (Å²) in [6.07, 6.45) is 1.90. The van der Waals surface area contributed by atoms with Gasteiger partial charge in [0.15, 0.2) is 0 Å². The third-order valence-electron chi connectivity index (χ3n) is 1.20. The summed E-state index contributed by atoms with van der Waals surface area (Å²) in [7, 11) is 0. The zero-order valence-electron chi connectivity index (χ0n) is 5.66. The van der Waals surface area contributed by atoms with Crippen LogP contribution >= 0.6 is 11.8 Å². The lowest BCUT2D eigenvalue weighted by molar-refractivity contribution is 0.462. The van der Waals surface area contributed by atoms with Crippen LogP contribution in [0.2, 0.25) is 0 Å². The molecule has 0 spiro atoms. The van der Waals surface area contributed by atoms with Gasteiger partial charge in [-0.25, -0.2) is 0 Å². The number of anilines is 1. The summed E-state index contributed by atoms with van der Waals surface area (Å²) in [6, 6.07) is 5.02. The lowest BCUT2D eigenvalue weighted by Gasteiger charge is -2.00. The average Bonchev–Trinajstić information content (AvgIpc) is 1.94. The van der Waals surface area contributed by atoms with Crippen LogP contribution in [0.1, 0.15) is 0 Å². The van der Waals surface area contributed by atoms with Gasteiger partial charge in [0.2, 0.25) is 0 Å². The second kappa shape index (κ2) is 2.84. The summed E-state index contributed by atoms with van der Waals surface area (Å²) < 4.78 is 0. The lowest BCUT2D eigenvalue weighted by atomic mass is 10.3. The summed E-state index contributed by atoms with van der Waals surface area (Å²) in [6.45, 7) is 0. The van der Waals surface area contributed by atoms with Crippen molar-refractivity contribution >= 4 is 17.4 Å². The largest absolute Gasteiger partial charge is 0.507 e. The molecule has 2 nitrogen and oxygen atoms in total. The van der Waals surface area contributed by atoms with Crippen LogP contribution in [-0.4, -0.2) is 11.4 Å². The smallest absolute Gasteiger partial charge is 0.129 e. The van der Waals surface area contributed by atoms with Gasteiger partial charge >= 0.3 is 0 Å². The number of nitrogens with two attached hydrogens (primary N) is 1. The van der Waals surface area contributed by atoms with E-state index in [-0.39, 0.29) is 0 Å². The minimum atomic E-state index is 0.293. The van der Waals surface area contributed by atoms with Crippen molar-refractivity contribution in [2.75, 3.05) is 12.0 Å². The SMILES string of the molecule is CSc1cc(N)ccc1O. The molecule has 0 radical (unpaired) electrons. The van der Waals surface area contributed by atoms with E-state index >= 15 is 0 Å². The molecule has 1 rings (SSSR count). The molecule has 0 amide bonds. The average molecular weight is 155 g/mol. The number of hydrogen-bond acceptors (Lipinski definition) is 3. The van der Waals surface area contributed by atoms with E-state index in [0.717, 1.165) is 4.90 Å². The Kier molecular flexibility index (Phi) is 2.06. The molecule has 3 N–H and O–H groups in total. The molecule has 0 atom stereocenters. The molecule has 3 heteroatoms. The van der Waals surface area contributed by atoms with Gasteiger partial charge in [0.05, 0.1) is 4.90 Å². The third-order valence-corrected chi connectivity index (χ3v) is 1.97. The monoisotopic (exact) mass is 155 g/mol. The Morgan fingerprint density at radius 2 is 2.20 bits per heavy atom. The number of benzene rings is 1. The first-order valence-electron chi connectivity index (χ1n) is 2.86. The number of nitrogen functional groups attached to an aromatic ring is 1. The fourth-order valence-corrected chi connectivity index (χ4v) is 1.23. The minimum Gasteiger partial charge on any atom is -0.507 e. The minimum absolute atomic E-state index is 0.293. The van der Waals surface area contributed by atoms with Gasteiger partial charge in [-0.15, -0.1) is 11.8 Å². The molecule has 1 aromatic carbocycles. The zero-order valence-corrected chi connectivity index (χ0v) is 6.48. The molecule has 0 aliphatic heterocycles. The Morgan fingerprint density at radius 3 is 2.70 bits per heavy atom. The van der Waals surface area contributed by atoms with Gasteiger partial charge in [-0.05, 0) is 24.5 Å². The molecular weight excluding hydrogens is 146 g/mol. The molecule has 0 unspecified atom stereocenters. The van der Waals surface area contributed by atoms with Gasteiger partial charge in [0.1, 0.15) is 5.75 Å². The highest BCUT2D eigenvalue weighted by atomic mass is 32.2. The lowest BCUT2D eigenvalue weighted by Crippen LogP contribution is -1.83. The van der Waals surface area contributed by atoms with Crippen molar-refractivity contribution in [2.24, 2.45) is 0 Å². The molecular formula is C7H9NOS. The van der Waals surface area contributed by atoms with E-state index in [9.17, 15) is 0 Å². The van der Waals surface area contributed by atoms with Gasteiger partial charge in [0.25, 0.3) is 0 Å². The van der Waals surface area contributed by atoms with Gasteiger partial charge in [-0.3, -0.25) is 0 Å².